The van der Waals surface area contributed by atoms with Crippen molar-refractivity contribution in [2.24, 2.45) is 0 Å². The third kappa shape index (κ3) is 11.0. The molecule has 0 radical (unpaired) electrons. The average molecular weight is 1190 g/mol. The van der Waals surface area contributed by atoms with Crippen molar-refractivity contribution in [3.63, 3.8) is 0 Å². The first-order valence-corrected chi connectivity index (χ1v) is 29.2. The molecular formula is C58H50F6N12O6S2. The molecule has 4 atom stereocenters. The number of benzene rings is 4. The molecule has 18 nitrogen and oxygen atoms in total. The van der Waals surface area contributed by atoms with Crippen molar-refractivity contribution in [2.45, 2.75) is 84.3 Å². The summed E-state index contributed by atoms with van der Waals surface area (Å²) in [6.45, 7) is 4.23. The lowest BCUT2D eigenvalue weighted by atomic mass is 9.90. The molecular weight excluding hydrogens is 1140 g/mol. The van der Waals surface area contributed by atoms with Gasteiger partial charge in [0.1, 0.15) is 34.4 Å². The molecule has 0 fully saturated rings. The Hall–Kier alpha value is -9.04. The van der Waals surface area contributed by atoms with Crippen LogP contribution < -0.4 is 9.47 Å². The molecule has 2 aliphatic heterocycles. The minimum Gasteiger partial charge on any atom is -0.479 e. The van der Waals surface area contributed by atoms with Gasteiger partial charge in [0.15, 0.2) is 31.3 Å². The van der Waals surface area contributed by atoms with E-state index in [1.165, 1.54) is 62.8 Å². The maximum absolute atomic E-state index is 13.9. The summed E-state index contributed by atoms with van der Waals surface area (Å²) >= 11 is 0. The van der Waals surface area contributed by atoms with Crippen molar-refractivity contribution < 1.29 is 52.7 Å². The Balaban J connectivity index is 0.000000175. The van der Waals surface area contributed by atoms with Gasteiger partial charge in [-0.2, -0.15) is 26.3 Å². The molecule has 26 heteroatoms. The second-order valence-electron chi connectivity index (χ2n) is 19.9. The van der Waals surface area contributed by atoms with Crippen molar-refractivity contribution in [1.29, 1.82) is 0 Å². The van der Waals surface area contributed by atoms with Gasteiger partial charge in [0.2, 0.25) is 11.8 Å². The first kappa shape index (κ1) is 56.8. The number of rotatable bonds is 12. The number of halogens is 6. The van der Waals surface area contributed by atoms with E-state index in [1.807, 2.05) is 26.2 Å². The predicted molar refractivity (Wildman–Crippen MR) is 294 cm³/mol. The second kappa shape index (κ2) is 22.3. The molecule has 0 saturated carbocycles. The number of imidazole rings is 2. The molecule has 0 bridgehead atoms. The van der Waals surface area contributed by atoms with Gasteiger partial charge in [-0.3, -0.25) is 0 Å². The number of fused-ring (bicyclic) bond motifs is 2. The maximum Gasteiger partial charge on any atom is 0.416 e. The van der Waals surface area contributed by atoms with Crippen LogP contribution in [0.15, 0.2) is 168 Å². The van der Waals surface area contributed by atoms with Crippen LogP contribution in [0.3, 0.4) is 0 Å². The summed E-state index contributed by atoms with van der Waals surface area (Å²) in [6.07, 6.45) is -1.74. The molecule has 8 heterocycles. The number of nitrogens with zero attached hydrogens (tertiary/aromatic N) is 12. The molecule has 4 aromatic carbocycles. The van der Waals surface area contributed by atoms with E-state index in [4.69, 9.17) is 19.4 Å². The maximum atomic E-state index is 13.9. The van der Waals surface area contributed by atoms with Gasteiger partial charge in [-0.15, -0.1) is 10.2 Å². The van der Waals surface area contributed by atoms with Crippen molar-refractivity contribution in [1.82, 2.24) is 58.6 Å². The lowest BCUT2D eigenvalue weighted by Crippen LogP contribution is -2.36. The van der Waals surface area contributed by atoms with Gasteiger partial charge in [-0.25, -0.2) is 56.1 Å². The van der Waals surface area contributed by atoms with Gasteiger partial charge in [0, 0.05) is 25.5 Å². The molecule has 2 aliphatic rings. The zero-order chi connectivity index (χ0) is 59.3. The molecule has 0 amide bonds. The van der Waals surface area contributed by atoms with Crippen LogP contribution in [0.4, 0.5) is 26.3 Å². The minimum absolute atomic E-state index is 0.136. The van der Waals surface area contributed by atoms with Crippen LogP contribution in [0.2, 0.25) is 0 Å². The van der Waals surface area contributed by atoms with Crippen LogP contribution in [0.1, 0.15) is 70.0 Å². The summed E-state index contributed by atoms with van der Waals surface area (Å²) in [5, 5.41) is 7.28. The zero-order valence-electron chi connectivity index (χ0n) is 45.0. The monoisotopic (exact) mass is 1190 g/mol. The fourth-order valence-electron chi connectivity index (χ4n) is 10.5. The number of sulfone groups is 2. The van der Waals surface area contributed by atoms with Gasteiger partial charge in [0.05, 0.1) is 81.5 Å². The van der Waals surface area contributed by atoms with Gasteiger partial charge >= 0.3 is 12.4 Å². The first-order valence-electron chi connectivity index (χ1n) is 26.1. The van der Waals surface area contributed by atoms with Gasteiger partial charge in [-0.05, 0) is 111 Å². The lowest BCUT2D eigenvalue weighted by Gasteiger charge is -2.31. The molecule has 6 aromatic heterocycles. The zero-order valence-corrected chi connectivity index (χ0v) is 46.7. The highest BCUT2D eigenvalue weighted by Crippen LogP contribution is 2.43. The van der Waals surface area contributed by atoms with E-state index in [1.54, 1.807) is 91.8 Å². The predicted octanol–water partition coefficient (Wildman–Crippen LogP) is 10.5. The van der Waals surface area contributed by atoms with Crippen molar-refractivity contribution >= 4 is 19.7 Å². The number of aryl methyl sites for hydroxylation is 4. The number of hydrogen-bond donors (Lipinski definition) is 0. The Kier molecular flexibility index (Phi) is 15.1. The van der Waals surface area contributed by atoms with Gasteiger partial charge < -0.3 is 18.6 Å². The summed E-state index contributed by atoms with van der Waals surface area (Å²) in [5.74, 6) is 0.0111. The van der Waals surface area contributed by atoms with E-state index in [0.29, 0.717) is 57.3 Å². The van der Waals surface area contributed by atoms with Crippen molar-refractivity contribution in [3.8, 4) is 46.2 Å². The summed E-state index contributed by atoms with van der Waals surface area (Å²) in [4.78, 5) is 27.4. The van der Waals surface area contributed by atoms with E-state index in [-0.39, 0.29) is 47.4 Å². The van der Waals surface area contributed by atoms with Crippen LogP contribution >= 0.6 is 0 Å². The van der Waals surface area contributed by atoms with E-state index < -0.39 is 65.5 Å². The molecule has 0 N–H and O–H groups in total. The number of ether oxygens (including phenoxy) is 2. The Bertz CT molecular complexity index is 3980. The Morgan fingerprint density at radius 1 is 0.488 bits per heavy atom. The van der Waals surface area contributed by atoms with Crippen LogP contribution in [0.5, 0.6) is 11.8 Å². The molecule has 0 aliphatic carbocycles. The number of alkyl halides is 6. The normalized spacial score (nSPS) is 17.2. The third-order valence-electron chi connectivity index (χ3n) is 14.6. The third-order valence-corrected chi connectivity index (χ3v) is 19.1. The highest BCUT2D eigenvalue weighted by Gasteiger charge is 2.45. The number of pyridine rings is 2. The molecule has 12 rings (SSSR count). The average Bonchev–Trinajstić information content (AvgIpc) is 3.82. The van der Waals surface area contributed by atoms with Gasteiger partial charge in [0.25, 0.3) is 0 Å². The van der Waals surface area contributed by atoms with Crippen molar-refractivity contribution in [2.75, 3.05) is 14.2 Å². The van der Waals surface area contributed by atoms with Crippen LogP contribution in [0.25, 0.3) is 34.4 Å². The largest absolute Gasteiger partial charge is 0.479 e. The van der Waals surface area contributed by atoms with E-state index >= 15 is 0 Å². The highest BCUT2D eigenvalue weighted by atomic mass is 32.2. The smallest absolute Gasteiger partial charge is 0.416 e. The summed E-state index contributed by atoms with van der Waals surface area (Å²) in [5.41, 5.74) is 2.87. The van der Waals surface area contributed by atoms with Crippen LogP contribution in [-0.2, 0) is 45.1 Å². The minimum atomic E-state index is -4.53. The standard InChI is InChI=1S/2C29H25F3N6O3S/c2*1-18-16-37(17-33-18)23-13-12-22(34-28(23)41-2)26-35-27-25(19-8-10-20(11-9-19)29(30,31)32)24(14-15-38(27)36-26)42(39,40)21-6-4-3-5-7-21/h2*3-13,16-17,24-25H,14-15H2,1-2H3/t2*24?,25-/m10/s1. The molecule has 84 heavy (non-hydrogen) atoms. The quantitative estimate of drug-likeness (QED) is 0.104. The summed E-state index contributed by atoms with van der Waals surface area (Å²) < 4.78 is 153. The van der Waals surface area contributed by atoms with E-state index in [0.717, 1.165) is 35.7 Å². The van der Waals surface area contributed by atoms with E-state index in [2.05, 4.69) is 30.1 Å². The Morgan fingerprint density at radius 2 is 0.857 bits per heavy atom. The Labute approximate surface area is 477 Å². The highest BCUT2D eigenvalue weighted by molar-refractivity contribution is 7.92. The summed E-state index contributed by atoms with van der Waals surface area (Å²) in [7, 11) is -4.80. The molecule has 432 valence electrons. The fraction of sp³-hybridized carbons (Fsp3) is 0.241. The van der Waals surface area contributed by atoms with Crippen LogP contribution in [0, 0.1) is 13.8 Å². The molecule has 2 unspecified atom stereocenters. The second-order valence-corrected chi connectivity index (χ2v) is 24.2. The van der Waals surface area contributed by atoms with Crippen LogP contribution in [-0.4, -0.2) is 100 Å². The molecule has 0 saturated heterocycles. The molecule has 10 aromatic rings. The SMILES string of the molecule is COc1nc(-c2nc3n(n2)CCC(S(=O)(=O)c2ccccc2)[C@@H]3c2ccc(C(F)(F)F)cc2)ccc1-n1cnc(C)c1.COc1nc(-c2nc3n(n2)CCC(S(=O)(=O)c2ccccc2)[C@H]3c2ccc(C(F)(F)F)cc2)ccc1-n1cnc(C)c1. The van der Waals surface area contributed by atoms with Gasteiger partial charge in [-0.1, -0.05) is 60.7 Å². The number of methoxy groups -OCH3 is 2. The fourth-order valence-corrected chi connectivity index (χ4v) is 14.4. The van der Waals surface area contributed by atoms with Crippen molar-refractivity contribution in [3.05, 3.63) is 204 Å². The molecule has 0 spiro atoms. The number of aromatic nitrogens is 12. The topological polar surface area (TPSA) is 210 Å². The summed E-state index contributed by atoms with van der Waals surface area (Å²) in [6, 6.07) is 32.2. The lowest BCUT2D eigenvalue weighted by molar-refractivity contribution is -0.138. The van der Waals surface area contributed by atoms with E-state index in [9.17, 15) is 43.2 Å². The Morgan fingerprint density at radius 3 is 1.18 bits per heavy atom. The first-order chi connectivity index (χ1) is 40.1. The number of hydrogen-bond acceptors (Lipinski definition) is 14.